The molecule has 0 aliphatic carbocycles. The first-order valence-electron chi connectivity index (χ1n) is 5.46. The van der Waals surface area contributed by atoms with E-state index in [1.807, 2.05) is 19.1 Å². The second-order valence-corrected chi connectivity index (χ2v) is 4.94. The molecule has 0 amide bonds. The molecule has 0 aliphatic heterocycles. The molecule has 0 radical (unpaired) electrons. The summed E-state index contributed by atoms with van der Waals surface area (Å²) < 4.78 is 2.48. The van der Waals surface area contributed by atoms with Gasteiger partial charge in [-0.05, 0) is 36.2 Å². The molecule has 0 unspecified atom stereocenters. The van der Waals surface area contributed by atoms with E-state index in [1.165, 1.54) is 0 Å². The van der Waals surface area contributed by atoms with Crippen LogP contribution >= 0.6 is 15.9 Å². The normalized spacial score (nSPS) is 10.1. The van der Waals surface area contributed by atoms with Crippen LogP contribution in [-0.2, 0) is 6.54 Å². The minimum Gasteiger partial charge on any atom is -0.311 e. The molecule has 0 fully saturated rings. The van der Waals surface area contributed by atoms with Gasteiger partial charge in [0, 0.05) is 16.7 Å². The van der Waals surface area contributed by atoms with Crippen molar-refractivity contribution in [3.8, 4) is 6.07 Å². The third-order valence-corrected chi connectivity index (χ3v) is 3.41. The van der Waals surface area contributed by atoms with Crippen molar-refractivity contribution in [1.29, 1.82) is 5.26 Å². The van der Waals surface area contributed by atoms with Crippen molar-refractivity contribution in [3.05, 3.63) is 68.0 Å². The molecule has 3 nitrogen and oxygen atoms in total. The van der Waals surface area contributed by atoms with Gasteiger partial charge in [0.1, 0.15) is 0 Å². The largest absolute Gasteiger partial charge is 0.311 e. The Labute approximate surface area is 113 Å². The highest BCUT2D eigenvalue weighted by Crippen LogP contribution is 2.19. The van der Waals surface area contributed by atoms with Gasteiger partial charge in [0.2, 0.25) is 0 Å². The fourth-order valence-electron chi connectivity index (χ4n) is 1.67. The van der Waals surface area contributed by atoms with Gasteiger partial charge in [0.05, 0.1) is 18.2 Å². The van der Waals surface area contributed by atoms with Crippen molar-refractivity contribution in [2.24, 2.45) is 0 Å². The van der Waals surface area contributed by atoms with Crippen molar-refractivity contribution >= 4 is 15.9 Å². The Balaban J connectivity index is 2.35. The van der Waals surface area contributed by atoms with E-state index in [9.17, 15) is 4.79 Å². The lowest BCUT2D eigenvalue weighted by Gasteiger charge is -2.08. The molecular weight excluding hydrogens is 292 g/mol. The van der Waals surface area contributed by atoms with Crippen LogP contribution in [0.2, 0.25) is 0 Å². The molecule has 4 heteroatoms. The smallest absolute Gasteiger partial charge is 0.251 e. The summed E-state index contributed by atoms with van der Waals surface area (Å²) in [6.07, 6.45) is 1.78. The highest BCUT2D eigenvalue weighted by Gasteiger charge is 2.03. The summed E-state index contributed by atoms with van der Waals surface area (Å²) in [6.45, 7) is 2.38. The Morgan fingerprint density at radius 3 is 2.72 bits per heavy atom. The van der Waals surface area contributed by atoms with Crippen molar-refractivity contribution in [3.63, 3.8) is 0 Å². The number of hydrogen-bond acceptors (Lipinski definition) is 2. The summed E-state index contributed by atoms with van der Waals surface area (Å²) >= 11 is 3.42. The third kappa shape index (κ3) is 2.69. The quantitative estimate of drug-likeness (QED) is 0.856. The number of halogens is 1. The summed E-state index contributed by atoms with van der Waals surface area (Å²) in [5.41, 5.74) is 2.50. The zero-order valence-electron chi connectivity index (χ0n) is 9.85. The first-order valence-corrected chi connectivity index (χ1v) is 6.25. The van der Waals surface area contributed by atoms with Crippen LogP contribution < -0.4 is 5.56 Å². The lowest BCUT2D eigenvalue weighted by atomic mass is 10.1. The number of aromatic nitrogens is 1. The van der Waals surface area contributed by atoms with Gasteiger partial charge >= 0.3 is 0 Å². The standard InChI is InChI=1S/C14H11BrN2O/c1-10-4-5-17(14(18)6-10)9-12-3-2-11(8-16)7-13(12)15/h2-7H,9H2,1H3. The van der Waals surface area contributed by atoms with E-state index in [0.717, 1.165) is 15.6 Å². The van der Waals surface area contributed by atoms with E-state index in [4.69, 9.17) is 5.26 Å². The van der Waals surface area contributed by atoms with Gasteiger partial charge in [0.25, 0.3) is 5.56 Å². The molecule has 0 saturated heterocycles. The van der Waals surface area contributed by atoms with E-state index in [-0.39, 0.29) is 5.56 Å². The molecule has 1 aromatic heterocycles. The van der Waals surface area contributed by atoms with Gasteiger partial charge < -0.3 is 4.57 Å². The van der Waals surface area contributed by atoms with Crippen molar-refractivity contribution in [1.82, 2.24) is 4.57 Å². The van der Waals surface area contributed by atoms with E-state index in [0.29, 0.717) is 12.1 Å². The predicted octanol–water partition coefficient (Wildman–Crippen LogP) is 2.84. The summed E-state index contributed by atoms with van der Waals surface area (Å²) in [4.78, 5) is 11.8. The summed E-state index contributed by atoms with van der Waals surface area (Å²) in [5, 5.41) is 8.79. The summed E-state index contributed by atoms with van der Waals surface area (Å²) in [6, 6.07) is 11.0. The number of rotatable bonds is 2. The van der Waals surface area contributed by atoms with E-state index >= 15 is 0 Å². The number of nitrogens with zero attached hydrogens (tertiary/aromatic N) is 2. The Kier molecular flexibility index (Phi) is 3.63. The van der Waals surface area contributed by atoms with Gasteiger partial charge in [0.15, 0.2) is 0 Å². The first-order chi connectivity index (χ1) is 8.60. The number of pyridine rings is 1. The van der Waals surface area contributed by atoms with Crippen LogP contribution in [0, 0.1) is 18.3 Å². The van der Waals surface area contributed by atoms with Crippen LogP contribution in [-0.4, -0.2) is 4.57 Å². The molecule has 0 bridgehead atoms. The first kappa shape index (κ1) is 12.6. The maximum Gasteiger partial charge on any atom is 0.251 e. The average molecular weight is 303 g/mol. The predicted molar refractivity (Wildman–Crippen MR) is 73.4 cm³/mol. The molecular formula is C14H11BrN2O. The molecule has 2 rings (SSSR count). The second kappa shape index (κ2) is 5.19. The van der Waals surface area contributed by atoms with Crippen molar-refractivity contribution < 1.29 is 0 Å². The lowest BCUT2D eigenvalue weighted by molar-refractivity contribution is 0.754. The molecule has 18 heavy (non-hydrogen) atoms. The molecule has 0 N–H and O–H groups in total. The number of hydrogen-bond donors (Lipinski definition) is 0. The maximum atomic E-state index is 11.8. The van der Waals surface area contributed by atoms with Crippen LogP contribution in [0.4, 0.5) is 0 Å². The number of benzene rings is 1. The van der Waals surface area contributed by atoms with Gasteiger partial charge in [-0.3, -0.25) is 4.79 Å². The zero-order valence-corrected chi connectivity index (χ0v) is 11.4. The average Bonchev–Trinajstić information content (AvgIpc) is 2.34. The highest BCUT2D eigenvalue weighted by atomic mass is 79.9. The minimum atomic E-state index is -0.0220. The molecule has 0 saturated carbocycles. The molecule has 90 valence electrons. The van der Waals surface area contributed by atoms with E-state index < -0.39 is 0 Å². The number of aryl methyl sites for hydroxylation is 1. The van der Waals surface area contributed by atoms with E-state index in [1.54, 1.807) is 29.0 Å². The van der Waals surface area contributed by atoms with Crippen molar-refractivity contribution in [2.45, 2.75) is 13.5 Å². The van der Waals surface area contributed by atoms with Crippen LogP contribution in [0.5, 0.6) is 0 Å². The Bertz CT molecular complexity index is 683. The van der Waals surface area contributed by atoms with Crippen LogP contribution in [0.15, 0.2) is 45.8 Å². The Hall–Kier alpha value is -1.86. The van der Waals surface area contributed by atoms with Crippen LogP contribution in [0.3, 0.4) is 0 Å². The summed E-state index contributed by atoms with van der Waals surface area (Å²) in [7, 11) is 0. The Morgan fingerprint density at radius 2 is 2.11 bits per heavy atom. The minimum absolute atomic E-state index is 0.0220. The fraction of sp³-hybridized carbons (Fsp3) is 0.143. The molecule has 2 aromatic rings. The molecule has 0 spiro atoms. The van der Waals surface area contributed by atoms with Gasteiger partial charge in [-0.2, -0.15) is 5.26 Å². The molecule has 0 atom stereocenters. The molecule has 0 aliphatic rings. The monoisotopic (exact) mass is 302 g/mol. The highest BCUT2D eigenvalue weighted by molar-refractivity contribution is 9.10. The van der Waals surface area contributed by atoms with Crippen LogP contribution in [0.25, 0.3) is 0 Å². The van der Waals surface area contributed by atoms with E-state index in [2.05, 4.69) is 22.0 Å². The topological polar surface area (TPSA) is 45.8 Å². The molecule has 1 aromatic carbocycles. The SMILES string of the molecule is Cc1ccn(Cc2ccc(C#N)cc2Br)c(=O)c1. The maximum absolute atomic E-state index is 11.8. The third-order valence-electron chi connectivity index (χ3n) is 2.67. The fourth-order valence-corrected chi connectivity index (χ4v) is 2.17. The Morgan fingerprint density at radius 1 is 1.33 bits per heavy atom. The van der Waals surface area contributed by atoms with Gasteiger partial charge in [-0.25, -0.2) is 0 Å². The summed E-state index contributed by atoms with van der Waals surface area (Å²) in [5.74, 6) is 0. The van der Waals surface area contributed by atoms with Gasteiger partial charge in [-0.15, -0.1) is 0 Å². The van der Waals surface area contributed by atoms with Gasteiger partial charge in [-0.1, -0.05) is 22.0 Å². The number of nitriles is 1. The zero-order chi connectivity index (χ0) is 13.1. The second-order valence-electron chi connectivity index (χ2n) is 4.09. The van der Waals surface area contributed by atoms with Crippen molar-refractivity contribution in [2.75, 3.05) is 0 Å². The molecule has 1 heterocycles. The lowest BCUT2D eigenvalue weighted by Crippen LogP contribution is -2.19. The van der Waals surface area contributed by atoms with Crippen LogP contribution in [0.1, 0.15) is 16.7 Å².